The molecule has 1 fully saturated rings. The molecule has 0 heterocycles. The molecule has 19 heavy (non-hydrogen) atoms. The van der Waals surface area contributed by atoms with E-state index in [1.165, 1.54) is 37.7 Å². The van der Waals surface area contributed by atoms with Gasteiger partial charge in [0.2, 0.25) is 0 Å². The van der Waals surface area contributed by atoms with E-state index >= 15 is 0 Å². The number of halogens is 2. The second-order valence-corrected chi connectivity index (χ2v) is 6.47. The van der Waals surface area contributed by atoms with Crippen molar-refractivity contribution >= 4 is 23.2 Å². The molecule has 1 nitrogen and oxygen atoms in total. The maximum absolute atomic E-state index is 6.27. The van der Waals surface area contributed by atoms with Crippen molar-refractivity contribution in [1.82, 2.24) is 5.32 Å². The van der Waals surface area contributed by atoms with Gasteiger partial charge in [-0.25, -0.2) is 0 Å². The van der Waals surface area contributed by atoms with E-state index in [0.29, 0.717) is 6.04 Å². The third kappa shape index (κ3) is 4.66. The minimum Gasteiger partial charge on any atom is -0.314 e. The Balaban J connectivity index is 1.91. The second kappa shape index (κ2) is 7.52. The van der Waals surface area contributed by atoms with Crippen LogP contribution in [-0.2, 0) is 6.42 Å². The van der Waals surface area contributed by atoms with Gasteiger partial charge in [0.25, 0.3) is 0 Å². The Morgan fingerprint density at radius 1 is 1.26 bits per heavy atom. The van der Waals surface area contributed by atoms with Crippen LogP contribution in [0.2, 0.25) is 10.0 Å². The summed E-state index contributed by atoms with van der Waals surface area (Å²) in [7, 11) is 0. The van der Waals surface area contributed by atoms with E-state index in [9.17, 15) is 0 Å². The summed E-state index contributed by atoms with van der Waals surface area (Å²) in [5.74, 6) is 0.752. The van der Waals surface area contributed by atoms with Gasteiger partial charge < -0.3 is 5.32 Å². The molecular weight excluding hydrogens is 277 g/mol. The summed E-state index contributed by atoms with van der Waals surface area (Å²) in [5.41, 5.74) is 1.24. The molecule has 0 aliphatic heterocycles. The molecule has 0 amide bonds. The average molecular weight is 300 g/mol. The van der Waals surface area contributed by atoms with Crippen LogP contribution in [0.15, 0.2) is 18.2 Å². The first-order valence-corrected chi connectivity index (χ1v) is 8.12. The molecule has 0 bridgehead atoms. The zero-order valence-electron chi connectivity index (χ0n) is 11.6. The number of hydrogen-bond donors (Lipinski definition) is 1. The molecule has 2 rings (SSSR count). The van der Waals surface area contributed by atoms with Gasteiger partial charge in [-0.3, -0.25) is 0 Å². The van der Waals surface area contributed by atoms with Crippen molar-refractivity contribution in [3.05, 3.63) is 33.8 Å². The summed E-state index contributed by atoms with van der Waals surface area (Å²) in [6.45, 7) is 3.36. The number of nitrogens with one attached hydrogen (secondary N) is 1. The van der Waals surface area contributed by atoms with Crippen LogP contribution in [0.1, 0.15) is 44.6 Å². The molecule has 0 saturated heterocycles. The fourth-order valence-electron chi connectivity index (χ4n) is 3.01. The zero-order chi connectivity index (χ0) is 13.7. The number of benzene rings is 1. The minimum absolute atomic E-state index is 0.699. The Labute approximate surface area is 126 Å². The number of rotatable bonds is 5. The molecule has 3 heteroatoms. The normalized spacial score (nSPS) is 23.5. The summed E-state index contributed by atoms with van der Waals surface area (Å²) >= 11 is 12.2. The molecule has 106 valence electrons. The fourth-order valence-corrected chi connectivity index (χ4v) is 3.49. The lowest BCUT2D eigenvalue weighted by atomic mass is 9.82. The topological polar surface area (TPSA) is 12.0 Å². The second-order valence-electron chi connectivity index (χ2n) is 5.62. The highest BCUT2D eigenvalue weighted by atomic mass is 35.5. The van der Waals surface area contributed by atoms with Crippen LogP contribution in [0.25, 0.3) is 0 Å². The summed E-state index contributed by atoms with van der Waals surface area (Å²) < 4.78 is 0. The van der Waals surface area contributed by atoms with Crippen LogP contribution in [0.4, 0.5) is 0 Å². The fraction of sp³-hybridized carbons (Fsp3) is 0.625. The van der Waals surface area contributed by atoms with E-state index in [1.807, 2.05) is 12.1 Å². The number of hydrogen-bond acceptors (Lipinski definition) is 1. The van der Waals surface area contributed by atoms with Gasteiger partial charge in [0.15, 0.2) is 0 Å². The maximum atomic E-state index is 6.27. The lowest BCUT2D eigenvalue weighted by molar-refractivity contribution is 0.284. The van der Waals surface area contributed by atoms with Crippen molar-refractivity contribution in [2.24, 2.45) is 5.92 Å². The van der Waals surface area contributed by atoms with E-state index in [2.05, 4.69) is 18.3 Å². The highest BCUT2D eigenvalue weighted by Gasteiger charge is 2.22. The Morgan fingerprint density at radius 3 is 2.84 bits per heavy atom. The molecule has 1 aliphatic carbocycles. The standard InChI is InChI=1S/C16H23Cl2N/c1-2-8-19-15-5-3-4-12(10-15)9-13-6-7-14(17)11-16(13)18/h6-7,11-12,15,19H,2-5,8-10H2,1H3. The van der Waals surface area contributed by atoms with Gasteiger partial charge in [0.1, 0.15) is 0 Å². The zero-order valence-corrected chi connectivity index (χ0v) is 13.1. The van der Waals surface area contributed by atoms with E-state index in [0.717, 1.165) is 28.9 Å². The summed E-state index contributed by atoms with van der Waals surface area (Å²) in [4.78, 5) is 0. The lowest BCUT2D eigenvalue weighted by Crippen LogP contribution is -2.35. The third-order valence-electron chi connectivity index (χ3n) is 3.99. The van der Waals surface area contributed by atoms with Gasteiger partial charge in [-0.2, -0.15) is 0 Å². The van der Waals surface area contributed by atoms with Crippen LogP contribution < -0.4 is 5.32 Å². The van der Waals surface area contributed by atoms with Crippen LogP contribution in [-0.4, -0.2) is 12.6 Å². The quantitative estimate of drug-likeness (QED) is 0.798. The van der Waals surface area contributed by atoms with E-state index in [1.54, 1.807) is 0 Å². The van der Waals surface area contributed by atoms with Gasteiger partial charge in [0, 0.05) is 16.1 Å². The van der Waals surface area contributed by atoms with Crippen LogP contribution in [0.5, 0.6) is 0 Å². The first kappa shape index (κ1) is 15.2. The molecule has 2 unspecified atom stereocenters. The monoisotopic (exact) mass is 299 g/mol. The van der Waals surface area contributed by atoms with Gasteiger partial charge >= 0.3 is 0 Å². The Morgan fingerprint density at radius 2 is 2.11 bits per heavy atom. The molecule has 0 radical (unpaired) electrons. The molecule has 1 saturated carbocycles. The molecule has 1 aromatic carbocycles. The molecule has 1 aliphatic rings. The Bertz CT molecular complexity index is 406. The highest BCUT2D eigenvalue weighted by Crippen LogP contribution is 2.30. The predicted molar refractivity (Wildman–Crippen MR) is 84.2 cm³/mol. The maximum Gasteiger partial charge on any atom is 0.0452 e. The molecule has 1 aromatic rings. The van der Waals surface area contributed by atoms with Crippen molar-refractivity contribution in [1.29, 1.82) is 0 Å². The van der Waals surface area contributed by atoms with Gasteiger partial charge in [0.05, 0.1) is 0 Å². The van der Waals surface area contributed by atoms with Crippen molar-refractivity contribution in [2.75, 3.05) is 6.54 Å². The molecule has 2 atom stereocenters. The van der Waals surface area contributed by atoms with Crippen molar-refractivity contribution in [2.45, 2.75) is 51.5 Å². The summed E-state index contributed by atoms with van der Waals surface area (Å²) in [6, 6.07) is 6.57. The van der Waals surface area contributed by atoms with Gasteiger partial charge in [-0.1, -0.05) is 49.0 Å². The Kier molecular flexibility index (Phi) is 6.00. The van der Waals surface area contributed by atoms with Crippen LogP contribution >= 0.6 is 23.2 Å². The van der Waals surface area contributed by atoms with Crippen molar-refractivity contribution in [3.63, 3.8) is 0 Å². The molecule has 0 spiro atoms. The first-order chi connectivity index (χ1) is 9.19. The van der Waals surface area contributed by atoms with Gasteiger partial charge in [-0.05, 0) is 55.8 Å². The summed E-state index contributed by atoms with van der Waals surface area (Å²) in [6.07, 6.45) is 7.55. The van der Waals surface area contributed by atoms with Crippen LogP contribution in [0.3, 0.4) is 0 Å². The Hall–Kier alpha value is -0.240. The SMILES string of the molecule is CCCNC1CCCC(Cc2ccc(Cl)cc2Cl)C1. The third-order valence-corrected chi connectivity index (χ3v) is 4.58. The van der Waals surface area contributed by atoms with Crippen molar-refractivity contribution in [3.8, 4) is 0 Å². The molecule has 1 N–H and O–H groups in total. The smallest absolute Gasteiger partial charge is 0.0452 e. The average Bonchev–Trinajstić information content (AvgIpc) is 2.40. The van der Waals surface area contributed by atoms with Gasteiger partial charge in [-0.15, -0.1) is 0 Å². The predicted octanol–water partition coefficient (Wildman–Crippen LogP) is 5.09. The summed E-state index contributed by atoms with van der Waals surface area (Å²) in [5, 5.41) is 5.19. The van der Waals surface area contributed by atoms with Crippen molar-refractivity contribution < 1.29 is 0 Å². The van der Waals surface area contributed by atoms with Crippen LogP contribution in [0, 0.1) is 5.92 Å². The lowest BCUT2D eigenvalue weighted by Gasteiger charge is -2.30. The molecular formula is C16H23Cl2N. The minimum atomic E-state index is 0.699. The largest absolute Gasteiger partial charge is 0.314 e. The van der Waals surface area contributed by atoms with E-state index < -0.39 is 0 Å². The molecule has 0 aromatic heterocycles. The first-order valence-electron chi connectivity index (χ1n) is 7.36. The highest BCUT2D eigenvalue weighted by molar-refractivity contribution is 6.35. The van der Waals surface area contributed by atoms with E-state index in [4.69, 9.17) is 23.2 Å². The van der Waals surface area contributed by atoms with E-state index in [-0.39, 0.29) is 0 Å².